The van der Waals surface area contributed by atoms with Crippen LogP contribution in [0.3, 0.4) is 0 Å². The molecule has 1 aromatic rings. The van der Waals surface area contributed by atoms with Gasteiger partial charge in [-0.2, -0.15) is 13.2 Å². The molecule has 1 aliphatic rings. The quantitative estimate of drug-likeness (QED) is 0.918. The third kappa shape index (κ3) is 3.68. The van der Waals surface area contributed by atoms with E-state index in [1.54, 1.807) is 25.1 Å². The molecule has 0 radical (unpaired) electrons. The molecule has 2 rings (SSSR count). The lowest BCUT2D eigenvalue weighted by molar-refractivity contribution is -0.137. The number of rotatable bonds is 3. The molecule has 0 spiro atoms. The highest BCUT2D eigenvalue weighted by Crippen LogP contribution is 2.37. The monoisotopic (exact) mass is 300 g/mol. The summed E-state index contributed by atoms with van der Waals surface area (Å²) in [6.45, 7) is 0. The fraction of sp³-hybridized carbons (Fsp3) is 0.533. The van der Waals surface area contributed by atoms with Crippen molar-refractivity contribution in [1.82, 2.24) is 0 Å². The van der Waals surface area contributed by atoms with Crippen LogP contribution < -0.4 is 10.2 Å². The summed E-state index contributed by atoms with van der Waals surface area (Å²) < 4.78 is 39.4. The van der Waals surface area contributed by atoms with E-state index in [-0.39, 0.29) is 17.5 Å². The van der Waals surface area contributed by atoms with Gasteiger partial charge in [0.25, 0.3) is 0 Å². The van der Waals surface area contributed by atoms with Crippen molar-refractivity contribution in [2.24, 2.45) is 5.92 Å². The summed E-state index contributed by atoms with van der Waals surface area (Å²) in [5.74, 6) is -0.477. The molecule has 0 aliphatic heterocycles. The highest BCUT2D eigenvalue weighted by atomic mass is 19.4. The van der Waals surface area contributed by atoms with Crippen molar-refractivity contribution < 1.29 is 18.0 Å². The maximum atomic E-state index is 13.1. The van der Waals surface area contributed by atoms with Crippen LogP contribution in [0.2, 0.25) is 0 Å². The fourth-order valence-electron chi connectivity index (χ4n) is 2.58. The number of hydrogen-bond acceptors (Lipinski definition) is 2. The number of carbonyl (C=O) groups is 1. The largest absolute Gasteiger partial charge is 0.418 e. The van der Waals surface area contributed by atoms with E-state index in [0.717, 1.165) is 31.7 Å². The van der Waals surface area contributed by atoms with Gasteiger partial charge in [-0.3, -0.25) is 4.79 Å². The summed E-state index contributed by atoms with van der Waals surface area (Å²) in [6.07, 6.45) is -1.07. The summed E-state index contributed by atoms with van der Waals surface area (Å²) in [5.41, 5.74) is -0.522. The van der Waals surface area contributed by atoms with E-state index in [2.05, 4.69) is 5.32 Å². The predicted molar refractivity (Wildman–Crippen MR) is 76.4 cm³/mol. The van der Waals surface area contributed by atoms with Gasteiger partial charge in [0.1, 0.15) is 0 Å². The van der Waals surface area contributed by atoms with Crippen LogP contribution in [-0.2, 0) is 11.0 Å². The number of anilines is 2. The maximum absolute atomic E-state index is 13.1. The van der Waals surface area contributed by atoms with E-state index in [0.29, 0.717) is 5.69 Å². The third-order valence-electron chi connectivity index (χ3n) is 3.81. The number of alkyl halides is 3. The summed E-state index contributed by atoms with van der Waals surface area (Å²) in [5, 5.41) is 2.45. The molecule has 1 fully saturated rings. The lowest BCUT2D eigenvalue weighted by atomic mass is 10.1. The standard InChI is InChI=1S/C15H19F3N2O/c1-20(2)11-7-8-13(12(9-11)15(16,17)18)19-14(21)10-5-3-4-6-10/h7-10H,3-6H2,1-2H3,(H,19,21). The van der Waals surface area contributed by atoms with E-state index in [1.807, 2.05) is 0 Å². The predicted octanol–water partition coefficient (Wildman–Crippen LogP) is 3.90. The molecule has 0 bridgehead atoms. The number of hydrogen-bond donors (Lipinski definition) is 1. The zero-order chi connectivity index (χ0) is 15.6. The molecular weight excluding hydrogens is 281 g/mol. The third-order valence-corrected chi connectivity index (χ3v) is 3.81. The van der Waals surface area contributed by atoms with Crippen LogP contribution >= 0.6 is 0 Å². The molecular formula is C15H19F3N2O. The summed E-state index contributed by atoms with van der Waals surface area (Å²) >= 11 is 0. The van der Waals surface area contributed by atoms with E-state index in [1.165, 1.54) is 6.07 Å². The van der Waals surface area contributed by atoms with Gasteiger partial charge in [-0.05, 0) is 31.0 Å². The van der Waals surface area contributed by atoms with E-state index in [9.17, 15) is 18.0 Å². The van der Waals surface area contributed by atoms with Gasteiger partial charge in [0.15, 0.2) is 0 Å². The van der Waals surface area contributed by atoms with Crippen LogP contribution in [0.25, 0.3) is 0 Å². The molecule has 1 saturated carbocycles. The minimum atomic E-state index is -4.50. The van der Waals surface area contributed by atoms with Crippen LogP contribution in [-0.4, -0.2) is 20.0 Å². The average molecular weight is 300 g/mol. The van der Waals surface area contributed by atoms with Crippen molar-refractivity contribution in [3.05, 3.63) is 23.8 Å². The molecule has 1 amide bonds. The zero-order valence-corrected chi connectivity index (χ0v) is 12.1. The summed E-state index contributed by atoms with van der Waals surface area (Å²) in [6, 6.07) is 3.95. The number of benzene rings is 1. The Kier molecular flexibility index (Phi) is 4.44. The van der Waals surface area contributed by atoms with Gasteiger partial charge < -0.3 is 10.2 Å². The Balaban J connectivity index is 2.27. The molecule has 0 saturated heterocycles. The Morgan fingerprint density at radius 1 is 1.24 bits per heavy atom. The van der Waals surface area contributed by atoms with Crippen molar-refractivity contribution in [2.45, 2.75) is 31.9 Å². The zero-order valence-electron chi connectivity index (χ0n) is 12.1. The first-order valence-corrected chi connectivity index (χ1v) is 6.98. The molecule has 0 unspecified atom stereocenters. The van der Waals surface area contributed by atoms with E-state index < -0.39 is 11.7 Å². The molecule has 1 aromatic carbocycles. The van der Waals surface area contributed by atoms with E-state index in [4.69, 9.17) is 0 Å². The Hall–Kier alpha value is -1.72. The number of carbonyl (C=O) groups excluding carboxylic acids is 1. The second-order valence-corrected chi connectivity index (χ2v) is 5.59. The normalized spacial score (nSPS) is 16.0. The second kappa shape index (κ2) is 5.95. The topological polar surface area (TPSA) is 32.3 Å². The van der Waals surface area contributed by atoms with Crippen LogP contribution in [0.5, 0.6) is 0 Å². The minimum Gasteiger partial charge on any atom is -0.378 e. The summed E-state index contributed by atoms with van der Waals surface area (Å²) in [4.78, 5) is 13.6. The molecule has 6 heteroatoms. The van der Waals surface area contributed by atoms with Gasteiger partial charge in [-0.15, -0.1) is 0 Å². The Bertz CT molecular complexity index is 520. The fourth-order valence-corrected chi connectivity index (χ4v) is 2.58. The highest BCUT2D eigenvalue weighted by Gasteiger charge is 2.35. The van der Waals surface area contributed by atoms with Crippen molar-refractivity contribution in [3.8, 4) is 0 Å². The Morgan fingerprint density at radius 3 is 2.38 bits per heavy atom. The summed E-state index contributed by atoms with van der Waals surface area (Å²) in [7, 11) is 3.35. The molecule has 21 heavy (non-hydrogen) atoms. The highest BCUT2D eigenvalue weighted by molar-refractivity contribution is 5.93. The van der Waals surface area contributed by atoms with Crippen LogP contribution in [0.1, 0.15) is 31.2 Å². The van der Waals surface area contributed by atoms with E-state index >= 15 is 0 Å². The second-order valence-electron chi connectivity index (χ2n) is 5.59. The van der Waals surface area contributed by atoms with Crippen LogP contribution in [0.4, 0.5) is 24.5 Å². The molecule has 1 N–H and O–H groups in total. The lowest BCUT2D eigenvalue weighted by Crippen LogP contribution is -2.23. The Labute approximate surface area is 122 Å². The van der Waals surface area contributed by atoms with Gasteiger partial charge in [0, 0.05) is 25.7 Å². The van der Waals surface area contributed by atoms with Crippen molar-refractivity contribution in [1.29, 1.82) is 0 Å². The molecule has 0 atom stereocenters. The van der Waals surface area contributed by atoms with Crippen molar-refractivity contribution in [2.75, 3.05) is 24.3 Å². The lowest BCUT2D eigenvalue weighted by Gasteiger charge is -2.19. The average Bonchev–Trinajstić information content (AvgIpc) is 2.91. The van der Waals surface area contributed by atoms with Crippen molar-refractivity contribution >= 4 is 17.3 Å². The molecule has 0 heterocycles. The number of halogens is 3. The van der Waals surface area contributed by atoms with Gasteiger partial charge in [0.05, 0.1) is 11.3 Å². The smallest absolute Gasteiger partial charge is 0.378 e. The first-order chi connectivity index (χ1) is 9.79. The van der Waals surface area contributed by atoms with Gasteiger partial charge in [0.2, 0.25) is 5.91 Å². The van der Waals surface area contributed by atoms with Crippen molar-refractivity contribution in [3.63, 3.8) is 0 Å². The first kappa shape index (κ1) is 15.7. The minimum absolute atomic E-state index is 0.162. The molecule has 0 aromatic heterocycles. The molecule has 116 valence electrons. The van der Waals surface area contributed by atoms with Gasteiger partial charge in [-0.1, -0.05) is 12.8 Å². The van der Waals surface area contributed by atoms with Crippen LogP contribution in [0.15, 0.2) is 18.2 Å². The Morgan fingerprint density at radius 2 is 1.86 bits per heavy atom. The number of nitrogens with zero attached hydrogens (tertiary/aromatic N) is 1. The number of amides is 1. The molecule has 3 nitrogen and oxygen atoms in total. The SMILES string of the molecule is CN(C)c1ccc(NC(=O)C2CCCC2)c(C(F)(F)F)c1. The van der Waals surface area contributed by atoms with Gasteiger partial charge >= 0.3 is 6.18 Å². The molecule has 1 aliphatic carbocycles. The van der Waals surface area contributed by atoms with Crippen LogP contribution in [0, 0.1) is 5.92 Å². The first-order valence-electron chi connectivity index (χ1n) is 6.98. The van der Waals surface area contributed by atoms with Gasteiger partial charge in [-0.25, -0.2) is 0 Å². The number of nitrogens with one attached hydrogen (secondary N) is 1. The maximum Gasteiger partial charge on any atom is 0.418 e.